The molecular weight excluding hydrogens is 364 g/mol. The van der Waals surface area contributed by atoms with E-state index in [9.17, 15) is 15.2 Å². The van der Waals surface area contributed by atoms with Gasteiger partial charge in [0.05, 0.1) is 17.0 Å². The van der Waals surface area contributed by atoms with E-state index in [1.54, 1.807) is 0 Å². The minimum atomic E-state index is -0.626. The van der Waals surface area contributed by atoms with E-state index < -0.39 is 16.9 Å². The number of carboxylic acid groups (broad SMARTS) is 1. The number of carbonyl (C=O) groups is 1. The van der Waals surface area contributed by atoms with Crippen molar-refractivity contribution in [1.29, 1.82) is 5.26 Å². The second-order valence-corrected chi connectivity index (χ2v) is 9.71. The Kier molecular flexibility index (Phi) is 4.80. The summed E-state index contributed by atoms with van der Waals surface area (Å²) in [6.07, 6.45) is 6.48. The first kappa shape index (κ1) is 19.8. The Bertz CT molecular complexity index is 841. The molecule has 4 aliphatic rings. The van der Waals surface area contributed by atoms with Gasteiger partial charge in [-0.1, -0.05) is 18.2 Å². The predicted molar refractivity (Wildman–Crippen MR) is 113 cm³/mol. The van der Waals surface area contributed by atoms with Crippen molar-refractivity contribution in [2.75, 3.05) is 11.9 Å². The Hall–Kier alpha value is -2.55. The molecule has 0 saturated heterocycles. The van der Waals surface area contributed by atoms with Gasteiger partial charge in [0.15, 0.2) is 6.19 Å². The van der Waals surface area contributed by atoms with Crippen LogP contribution in [-0.2, 0) is 4.79 Å². The zero-order valence-corrected chi connectivity index (χ0v) is 17.4. The van der Waals surface area contributed by atoms with Crippen LogP contribution >= 0.6 is 0 Å². The number of hydrogen-bond acceptors (Lipinski definition) is 4. The molecule has 1 aromatic carbocycles. The van der Waals surface area contributed by atoms with Crippen LogP contribution in [0.1, 0.15) is 46.0 Å². The maximum Gasteiger partial charge on any atom is 0.309 e. The lowest BCUT2D eigenvalue weighted by Gasteiger charge is -2.57. The number of hydrogen-bond donors (Lipinski definition) is 2. The van der Waals surface area contributed by atoms with E-state index in [1.807, 2.05) is 37.4 Å². The van der Waals surface area contributed by atoms with E-state index in [-0.39, 0.29) is 6.04 Å². The van der Waals surface area contributed by atoms with Crippen LogP contribution in [0.2, 0.25) is 0 Å². The average Bonchev–Trinajstić information content (AvgIpc) is 2.69. The monoisotopic (exact) mass is 394 g/mol. The molecule has 29 heavy (non-hydrogen) atoms. The zero-order chi connectivity index (χ0) is 20.8. The molecule has 2 N–H and O–H groups in total. The minimum absolute atomic E-state index is 0.0957. The average molecular weight is 395 g/mol. The summed E-state index contributed by atoms with van der Waals surface area (Å²) < 4.78 is 0. The van der Waals surface area contributed by atoms with Gasteiger partial charge < -0.3 is 10.0 Å². The fourth-order valence-electron chi connectivity index (χ4n) is 6.15. The number of para-hydroxylation sites is 1. The van der Waals surface area contributed by atoms with Crippen molar-refractivity contribution in [2.24, 2.45) is 28.2 Å². The highest BCUT2D eigenvalue weighted by Gasteiger charge is 2.59. The second kappa shape index (κ2) is 7.05. The van der Waals surface area contributed by atoms with Crippen LogP contribution in [0, 0.1) is 34.6 Å². The van der Waals surface area contributed by atoms with Crippen molar-refractivity contribution < 1.29 is 9.90 Å². The maximum absolute atomic E-state index is 12.0. The summed E-state index contributed by atoms with van der Waals surface area (Å²) in [5, 5.41) is 22.1. The van der Waals surface area contributed by atoms with Crippen LogP contribution in [0.25, 0.3) is 0 Å². The standard InChI is InChI=1S/C23H30N4O2/c1-22(2,27(3)18-7-5-4-6-8-18)20(25-14-24)26-19-16-9-15-10-17(19)13-23(11-15,12-16)21(28)29/h4-8,15-17,19H,9-13H2,1-3H3,(H,25,26)(H,28,29). The Balaban J connectivity index is 1.64. The third-order valence-corrected chi connectivity index (χ3v) is 7.69. The third-order valence-electron chi connectivity index (χ3n) is 7.69. The van der Waals surface area contributed by atoms with Crippen molar-refractivity contribution in [3.63, 3.8) is 0 Å². The third kappa shape index (κ3) is 3.27. The number of carboxylic acids is 1. The number of likely N-dealkylation sites (N-methyl/N-ethyl adjacent to an activating group) is 1. The molecule has 5 rings (SSSR count). The molecule has 2 atom stereocenters. The molecule has 2 unspecified atom stereocenters. The smallest absolute Gasteiger partial charge is 0.309 e. The molecule has 0 aromatic heterocycles. The largest absolute Gasteiger partial charge is 0.481 e. The van der Waals surface area contributed by atoms with Crippen LogP contribution in [0.5, 0.6) is 0 Å². The molecule has 6 heteroatoms. The molecule has 154 valence electrons. The van der Waals surface area contributed by atoms with Gasteiger partial charge in [-0.25, -0.2) is 0 Å². The molecule has 0 amide bonds. The maximum atomic E-state index is 12.0. The highest BCUT2D eigenvalue weighted by Crippen LogP contribution is 2.61. The molecule has 0 radical (unpaired) electrons. The summed E-state index contributed by atoms with van der Waals surface area (Å²) in [4.78, 5) is 19.2. The minimum Gasteiger partial charge on any atom is -0.481 e. The quantitative estimate of drug-likeness (QED) is 0.344. The molecule has 0 aliphatic heterocycles. The van der Waals surface area contributed by atoms with E-state index in [4.69, 9.17) is 4.99 Å². The summed E-state index contributed by atoms with van der Waals surface area (Å²) in [7, 11) is 2.01. The van der Waals surface area contributed by atoms with Gasteiger partial charge in [0.1, 0.15) is 5.84 Å². The first-order chi connectivity index (χ1) is 13.8. The van der Waals surface area contributed by atoms with Gasteiger partial charge in [0.2, 0.25) is 0 Å². The Morgan fingerprint density at radius 1 is 1.24 bits per heavy atom. The van der Waals surface area contributed by atoms with Crippen LogP contribution in [0.4, 0.5) is 5.69 Å². The predicted octanol–water partition coefficient (Wildman–Crippen LogP) is 3.65. The van der Waals surface area contributed by atoms with Gasteiger partial charge in [0.25, 0.3) is 0 Å². The zero-order valence-electron chi connectivity index (χ0n) is 17.4. The number of nitriles is 1. The SMILES string of the molecule is CN(c1ccccc1)C(C)(C)C(=NC1C2CC3CC1CC(C(=O)O)(C3)C2)NC#N. The van der Waals surface area contributed by atoms with Crippen molar-refractivity contribution in [2.45, 2.75) is 57.5 Å². The second-order valence-electron chi connectivity index (χ2n) is 9.71. The Labute approximate surface area is 172 Å². The molecule has 4 bridgehead atoms. The number of aliphatic imine (C=N–C) groups is 1. The van der Waals surface area contributed by atoms with Crippen LogP contribution in [0.15, 0.2) is 35.3 Å². The van der Waals surface area contributed by atoms with Crippen LogP contribution in [-0.4, -0.2) is 35.5 Å². The summed E-state index contributed by atoms with van der Waals surface area (Å²) in [5.41, 5.74) is 0.0117. The number of benzene rings is 1. The summed E-state index contributed by atoms with van der Waals surface area (Å²) in [6, 6.07) is 10.2. The van der Waals surface area contributed by atoms with Gasteiger partial charge in [-0.2, -0.15) is 5.26 Å². The molecule has 4 fully saturated rings. The molecule has 0 heterocycles. The molecule has 4 aliphatic carbocycles. The fraction of sp³-hybridized carbons (Fsp3) is 0.609. The lowest BCUT2D eigenvalue weighted by Crippen LogP contribution is -2.58. The number of amidine groups is 1. The van der Waals surface area contributed by atoms with Crippen LogP contribution < -0.4 is 10.2 Å². The summed E-state index contributed by atoms with van der Waals surface area (Å²) in [5.74, 6) is 1.14. The molecular formula is C23H30N4O2. The Morgan fingerprint density at radius 2 is 1.86 bits per heavy atom. The number of nitrogens with zero attached hydrogens (tertiary/aromatic N) is 3. The van der Waals surface area contributed by atoms with E-state index in [1.165, 1.54) is 0 Å². The number of aliphatic carboxylic acids is 1. The van der Waals surface area contributed by atoms with Gasteiger partial charge in [0, 0.05) is 12.7 Å². The van der Waals surface area contributed by atoms with E-state index in [2.05, 4.69) is 30.3 Å². The lowest BCUT2D eigenvalue weighted by atomic mass is 9.48. The lowest BCUT2D eigenvalue weighted by molar-refractivity contribution is -0.166. The van der Waals surface area contributed by atoms with Gasteiger partial charge in [-0.15, -0.1) is 0 Å². The molecule has 4 saturated carbocycles. The van der Waals surface area contributed by atoms with E-state index in [0.717, 1.165) is 37.8 Å². The highest BCUT2D eigenvalue weighted by atomic mass is 16.4. The normalized spacial score (nSPS) is 33.2. The number of rotatable bonds is 5. The Morgan fingerprint density at radius 3 is 2.41 bits per heavy atom. The summed E-state index contributed by atoms with van der Waals surface area (Å²) >= 11 is 0. The first-order valence-electron chi connectivity index (χ1n) is 10.5. The van der Waals surface area contributed by atoms with Crippen molar-refractivity contribution >= 4 is 17.5 Å². The van der Waals surface area contributed by atoms with Gasteiger partial charge >= 0.3 is 5.97 Å². The highest BCUT2D eigenvalue weighted by molar-refractivity contribution is 5.95. The van der Waals surface area contributed by atoms with E-state index in [0.29, 0.717) is 23.6 Å². The first-order valence-corrected chi connectivity index (χ1v) is 10.5. The van der Waals surface area contributed by atoms with Crippen LogP contribution in [0.3, 0.4) is 0 Å². The topological polar surface area (TPSA) is 88.7 Å². The van der Waals surface area contributed by atoms with E-state index >= 15 is 0 Å². The van der Waals surface area contributed by atoms with Crippen molar-refractivity contribution in [3.8, 4) is 6.19 Å². The fourth-order valence-corrected chi connectivity index (χ4v) is 6.15. The van der Waals surface area contributed by atoms with Crippen molar-refractivity contribution in [1.82, 2.24) is 5.32 Å². The molecule has 6 nitrogen and oxygen atoms in total. The van der Waals surface area contributed by atoms with Gasteiger partial charge in [-0.3, -0.25) is 15.1 Å². The molecule has 0 spiro atoms. The molecule has 1 aromatic rings. The van der Waals surface area contributed by atoms with Gasteiger partial charge in [-0.05, 0) is 75.8 Å². The number of anilines is 1. The summed E-state index contributed by atoms with van der Waals surface area (Å²) in [6.45, 7) is 4.13. The van der Waals surface area contributed by atoms with Crippen molar-refractivity contribution in [3.05, 3.63) is 30.3 Å². The number of nitrogens with one attached hydrogen (secondary N) is 1.